The van der Waals surface area contributed by atoms with Crippen molar-refractivity contribution in [2.24, 2.45) is 0 Å². The topological polar surface area (TPSA) is 9.23 Å². The summed E-state index contributed by atoms with van der Waals surface area (Å²) in [5.74, 6) is 1.05. The molecule has 2 aromatic carbocycles. The van der Waals surface area contributed by atoms with Gasteiger partial charge in [0.1, 0.15) is 5.75 Å². The fourth-order valence-corrected chi connectivity index (χ4v) is 4.61. The largest absolute Gasteiger partial charge is 0.496 e. The summed E-state index contributed by atoms with van der Waals surface area (Å²) in [5.41, 5.74) is 10.4. The summed E-state index contributed by atoms with van der Waals surface area (Å²) < 4.78 is 5.85. The molecular formula is C24H30O. The molecule has 0 fully saturated rings. The Hall–Kier alpha value is -1.76. The molecule has 1 heteroatoms. The molecule has 2 aliphatic carbocycles. The standard InChI is InChI=1S/C24H30O/c1-24(2,3)22-14-18-11-7-10-17(18)12-20(22)21-13-16-8-5-6-9-19(16)15-23(21)25-4/h12-15H,5-11H2,1-4H3. The second-order valence-corrected chi connectivity index (χ2v) is 8.80. The van der Waals surface area contributed by atoms with Crippen LogP contribution >= 0.6 is 0 Å². The highest BCUT2D eigenvalue weighted by molar-refractivity contribution is 5.77. The van der Waals surface area contributed by atoms with E-state index >= 15 is 0 Å². The molecule has 0 atom stereocenters. The molecule has 2 aliphatic rings. The lowest BCUT2D eigenvalue weighted by Crippen LogP contribution is -2.14. The highest BCUT2D eigenvalue weighted by Crippen LogP contribution is 2.42. The fraction of sp³-hybridized carbons (Fsp3) is 0.500. The van der Waals surface area contributed by atoms with Crippen LogP contribution in [0.25, 0.3) is 11.1 Å². The van der Waals surface area contributed by atoms with E-state index in [1.54, 1.807) is 11.1 Å². The smallest absolute Gasteiger partial charge is 0.126 e. The van der Waals surface area contributed by atoms with Gasteiger partial charge in [0.15, 0.2) is 0 Å². The number of rotatable bonds is 2. The molecule has 0 radical (unpaired) electrons. The van der Waals surface area contributed by atoms with Gasteiger partial charge >= 0.3 is 0 Å². The van der Waals surface area contributed by atoms with E-state index in [4.69, 9.17) is 4.74 Å². The summed E-state index contributed by atoms with van der Waals surface area (Å²) in [7, 11) is 1.82. The van der Waals surface area contributed by atoms with E-state index in [-0.39, 0.29) is 5.41 Å². The minimum absolute atomic E-state index is 0.133. The van der Waals surface area contributed by atoms with Crippen molar-refractivity contribution in [1.82, 2.24) is 0 Å². The summed E-state index contributed by atoms with van der Waals surface area (Å²) >= 11 is 0. The first-order chi connectivity index (χ1) is 12.0. The minimum atomic E-state index is 0.133. The molecule has 1 nitrogen and oxygen atoms in total. The van der Waals surface area contributed by atoms with Gasteiger partial charge in [0.05, 0.1) is 7.11 Å². The summed E-state index contributed by atoms with van der Waals surface area (Å²) in [6.45, 7) is 6.99. The monoisotopic (exact) mass is 334 g/mol. The zero-order chi connectivity index (χ0) is 17.6. The van der Waals surface area contributed by atoms with Gasteiger partial charge in [-0.3, -0.25) is 0 Å². The van der Waals surface area contributed by atoms with Crippen LogP contribution in [0.4, 0.5) is 0 Å². The fourth-order valence-electron chi connectivity index (χ4n) is 4.61. The number of fused-ring (bicyclic) bond motifs is 2. The second kappa shape index (κ2) is 6.20. The Kier molecular flexibility index (Phi) is 4.14. The Morgan fingerprint density at radius 1 is 0.680 bits per heavy atom. The first kappa shape index (κ1) is 16.7. The molecule has 0 saturated carbocycles. The molecule has 0 aliphatic heterocycles. The normalized spacial score (nSPS) is 16.5. The van der Waals surface area contributed by atoms with Gasteiger partial charge in [-0.1, -0.05) is 32.9 Å². The van der Waals surface area contributed by atoms with Crippen LogP contribution in [0.3, 0.4) is 0 Å². The number of hydrogen-bond donors (Lipinski definition) is 0. The number of aryl methyl sites for hydroxylation is 4. The van der Waals surface area contributed by atoms with Crippen LogP contribution in [0, 0.1) is 0 Å². The van der Waals surface area contributed by atoms with E-state index in [2.05, 4.69) is 45.0 Å². The van der Waals surface area contributed by atoms with Crippen molar-refractivity contribution in [3.8, 4) is 16.9 Å². The van der Waals surface area contributed by atoms with Crippen molar-refractivity contribution in [3.05, 3.63) is 52.1 Å². The molecule has 0 saturated heterocycles. The van der Waals surface area contributed by atoms with Crippen LogP contribution in [0.5, 0.6) is 5.75 Å². The average Bonchev–Trinajstić information content (AvgIpc) is 3.06. The first-order valence-electron chi connectivity index (χ1n) is 9.84. The summed E-state index contributed by atoms with van der Waals surface area (Å²) in [5, 5.41) is 0. The van der Waals surface area contributed by atoms with Gasteiger partial charge in [0.25, 0.3) is 0 Å². The first-order valence-corrected chi connectivity index (χ1v) is 9.84. The Bertz CT molecular complexity index is 808. The van der Waals surface area contributed by atoms with Crippen molar-refractivity contribution < 1.29 is 4.74 Å². The van der Waals surface area contributed by atoms with Crippen molar-refractivity contribution >= 4 is 0 Å². The maximum absolute atomic E-state index is 5.85. The van der Waals surface area contributed by atoms with Crippen LogP contribution in [-0.4, -0.2) is 7.11 Å². The summed E-state index contributed by atoms with van der Waals surface area (Å²) in [4.78, 5) is 0. The number of ether oxygens (including phenoxy) is 1. The van der Waals surface area contributed by atoms with Crippen LogP contribution in [0.1, 0.15) is 67.9 Å². The number of methoxy groups -OCH3 is 1. The van der Waals surface area contributed by atoms with Gasteiger partial charge < -0.3 is 4.74 Å². The van der Waals surface area contributed by atoms with Crippen molar-refractivity contribution in [2.45, 2.75) is 71.1 Å². The highest BCUT2D eigenvalue weighted by atomic mass is 16.5. The van der Waals surface area contributed by atoms with Crippen molar-refractivity contribution in [1.29, 1.82) is 0 Å². The Morgan fingerprint density at radius 3 is 1.80 bits per heavy atom. The predicted molar refractivity (Wildman–Crippen MR) is 106 cm³/mol. The Labute approximate surface area is 152 Å². The maximum Gasteiger partial charge on any atom is 0.126 e. The van der Waals surface area contributed by atoms with Gasteiger partial charge in [-0.05, 0) is 95.9 Å². The van der Waals surface area contributed by atoms with Crippen LogP contribution in [0.15, 0.2) is 24.3 Å². The van der Waals surface area contributed by atoms with E-state index in [9.17, 15) is 0 Å². The van der Waals surface area contributed by atoms with E-state index < -0.39 is 0 Å². The molecule has 132 valence electrons. The van der Waals surface area contributed by atoms with Gasteiger partial charge in [0, 0.05) is 5.56 Å². The van der Waals surface area contributed by atoms with Crippen LogP contribution in [0.2, 0.25) is 0 Å². The molecule has 0 bridgehead atoms. The molecule has 2 aromatic rings. The van der Waals surface area contributed by atoms with Crippen LogP contribution < -0.4 is 4.74 Å². The van der Waals surface area contributed by atoms with Gasteiger partial charge in [-0.25, -0.2) is 0 Å². The van der Waals surface area contributed by atoms with E-state index in [0.717, 1.165) is 5.75 Å². The molecule has 0 spiro atoms. The predicted octanol–water partition coefficient (Wildman–Crippen LogP) is 6.03. The van der Waals surface area contributed by atoms with Gasteiger partial charge in [-0.15, -0.1) is 0 Å². The molecular weight excluding hydrogens is 304 g/mol. The highest BCUT2D eigenvalue weighted by Gasteiger charge is 2.25. The van der Waals surface area contributed by atoms with E-state index in [1.807, 2.05) is 7.11 Å². The Morgan fingerprint density at radius 2 is 1.20 bits per heavy atom. The third-order valence-corrected chi connectivity index (χ3v) is 5.99. The SMILES string of the molecule is COc1cc2c(cc1-c1cc3c(cc1C(C)(C)C)CCC3)CCCC2. The minimum Gasteiger partial charge on any atom is -0.496 e. The zero-order valence-corrected chi connectivity index (χ0v) is 16.2. The van der Waals surface area contributed by atoms with Crippen molar-refractivity contribution in [3.63, 3.8) is 0 Å². The lowest BCUT2D eigenvalue weighted by molar-refractivity contribution is 0.415. The molecule has 0 N–H and O–H groups in total. The summed E-state index contributed by atoms with van der Waals surface area (Å²) in [6.07, 6.45) is 8.78. The second-order valence-electron chi connectivity index (χ2n) is 8.80. The zero-order valence-electron chi connectivity index (χ0n) is 16.2. The lowest BCUT2D eigenvalue weighted by Gasteiger charge is -2.27. The molecule has 0 aromatic heterocycles. The summed E-state index contributed by atoms with van der Waals surface area (Å²) in [6, 6.07) is 9.69. The molecule has 25 heavy (non-hydrogen) atoms. The van der Waals surface area contributed by atoms with E-state index in [1.165, 1.54) is 72.8 Å². The molecule has 0 unspecified atom stereocenters. The Balaban J connectivity index is 1.95. The van der Waals surface area contributed by atoms with Crippen molar-refractivity contribution in [2.75, 3.05) is 7.11 Å². The molecule has 0 amide bonds. The quantitative estimate of drug-likeness (QED) is 0.652. The van der Waals surface area contributed by atoms with Gasteiger partial charge in [0.2, 0.25) is 0 Å². The third-order valence-electron chi connectivity index (χ3n) is 5.99. The molecule has 0 heterocycles. The van der Waals surface area contributed by atoms with E-state index in [0.29, 0.717) is 0 Å². The van der Waals surface area contributed by atoms with Gasteiger partial charge in [-0.2, -0.15) is 0 Å². The number of hydrogen-bond acceptors (Lipinski definition) is 1. The van der Waals surface area contributed by atoms with Crippen LogP contribution in [-0.2, 0) is 31.1 Å². The maximum atomic E-state index is 5.85. The number of benzene rings is 2. The molecule has 4 rings (SSSR count). The third kappa shape index (κ3) is 2.99. The average molecular weight is 335 g/mol. The lowest BCUT2D eigenvalue weighted by atomic mass is 9.79.